The molecule has 0 radical (unpaired) electrons. The van der Waals surface area contributed by atoms with E-state index in [9.17, 15) is 5.11 Å². The van der Waals surface area contributed by atoms with Crippen molar-refractivity contribution in [1.29, 1.82) is 0 Å². The topological polar surface area (TPSA) is 23.5 Å². The van der Waals surface area contributed by atoms with E-state index in [2.05, 4.69) is 18.7 Å². The molecule has 94 valence electrons. The summed E-state index contributed by atoms with van der Waals surface area (Å²) in [5.74, 6) is 0.777. The predicted molar refractivity (Wildman–Crippen MR) is 67.5 cm³/mol. The summed E-state index contributed by atoms with van der Waals surface area (Å²) in [4.78, 5) is 2.56. The van der Waals surface area contributed by atoms with Gasteiger partial charge in [-0.05, 0) is 44.6 Å². The van der Waals surface area contributed by atoms with Crippen LogP contribution in [-0.2, 0) is 0 Å². The lowest BCUT2D eigenvalue weighted by Gasteiger charge is -2.32. The number of hydrogen-bond acceptors (Lipinski definition) is 2. The van der Waals surface area contributed by atoms with Crippen molar-refractivity contribution >= 4 is 0 Å². The van der Waals surface area contributed by atoms with E-state index < -0.39 is 0 Å². The predicted octanol–water partition coefficient (Wildman–Crippen LogP) is 2.80. The summed E-state index contributed by atoms with van der Waals surface area (Å²) in [6, 6.07) is 0.795. The average molecular weight is 225 g/mol. The first-order valence-electron chi connectivity index (χ1n) is 7.05. The fourth-order valence-corrected chi connectivity index (χ4v) is 2.82. The van der Waals surface area contributed by atoms with Gasteiger partial charge in [0.15, 0.2) is 0 Å². The zero-order valence-electron chi connectivity index (χ0n) is 10.9. The summed E-state index contributed by atoms with van der Waals surface area (Å²) >= 11 is 0. The highest BCUT2D eigenvalue weighted by Crippen LogP contribution is 2.34. The van der Waals surface area contributed by atoms with Crippen LogP contribution < -0.4 is 0 Å². The van der Waals surface area contributed by atoms with E-state index >= 15 is 0 Å². The molecule has 0 heterocycles. The quantitative estimate of drug-likeness (QED) is 0.751. The molecule has 2 aliphatic carbocycles. The molecule has 2 saturated carbocycles. The van der Waals surface area contributed by atoms with Crippen molar-refractivity contribution in [2.75, 3.05) is 13.1 Å². The molecule has 2 aliphatic rings. The summed E-state index contributed by atoms with van der Waals surface area (Å²) in [7, 11) is 0. The first-order chi connectivity index (χ1) is 7.59. The molecule has 2 fully saturated rings. The maximum Gasteiger partial charge on any atom is 0.0774 e. The van der Waals surface area contributed by atoms with E-state index in [1.165, 1.54) is 38.6 Å². The standard InChI is InChI=1S/C14H27NO/c1-12(2)7-10-15(13-5-6-13)11-14(16)8-3-4-9-14/h12-13,16H,3-11H2,1-2H3. The van der Waals surface area contributed by atoms with E-state index in [4.69, 9.17) is 0 Å². The largest absolute Gasteiger partial charge is 0.389 e. The van der Waals surface area contributed by atoms with Crippen molar-refractivity contribution < 1.29 is 5.11 Å². The Kier molecular flexibility index (Phi) is 3.91. The van der Waals surface area contributed by atoms with Crippen LogP contribution in [0.4, 0.5) is 0 Å². The lowest BCUT2D eigenvalue weighted by atomic mass is 10.0. The molecule has 0 atom stereocenters. The molecule has 2 rings (SSSR count). The number of rotatable bonds is 6. The Bertz CT molecular complexity index is 217. The van der Waals surface area contributed by atoms with Crippen LogP contribution in [0.25, 0.3) is 0 Å². The zero-order chi connectivity index (χ0) is 11.6. The molecule has 0 aromatic heterocycles. The number of aliphatic hydroxyl groups is 1. The minimum atomic E-state index is -0.348. The molecular formula is C14H27NO. The highest BCUT2D eigenvalue weighted by Gasteiger charge is 2.37. The Morgan fingerprint density at radius 2 is 1.88 bits per heavy atom. The highest BCUT2D eigenvalue weighted by atomic mass is 16.3. The van der Waals surface area contributed by atoms with Gasteiger partial charge in [0, 0.05) is 12.6 Å². The zero-order valence-corrected chi connectivity index (χ0v) is 10.9. The second kappa shape index (κ2) is 5.05. The molecule has 2 nitrogen and oxygen atoms in total. The first-order valence-corrected chi connectivity index (χ1v) is 7.05. The minimum Gasteiger partial charge on any atom is -0.389 e. The van der Waals surface area contributed by atoms with Crippen LogP contribution in [0.15, 0.2) is 0 Å². The molecule has 0 bridgehead atoms. The molecule has 0 aromatic carbocycles. The Labute approximate surface area is 100 Å². The van der Waals surface area contributed by atoms with Gasteiger partial charge in [-0.25, -0.2) is 0 Å². The SMILES string of the molecule is CC(C)CCN(CC1(O)CCCC1)C1CC1. The third-order valence-electron chi connectivity index (χ3n) is 4.09. The summed E-state index contributed by atoms with van der Waals surface area (Å²) in [5, 5.41) is 10.5. The summed E-state index contributed by atoms with van der Waals surface area (Å²) < 4.78 is 0. The van der Waals surface area contributed by atoms with Crippen molar-refractivity contribution in [3.63, 3.8) is 0 Å². The van der Waals surface area contributed by atoms with E-state index in [-0.39, 0.29) is 5.60 Å². The molecule has 0 amide bonds. The molecule has 2 heteroatoms. The summed E-state index contributed by atoms with van der Waals surface area (Å²) in [5.41, 5.74) is -0.348. The molecule has 0 unspecified atom stereocenters. The fraction of sp³-hybridized carbons (Fsp3) is 1.00. The van der Waals surface area contributed by atoms with E-state index in [1.807, 2.05) is 0 Å². The third kappa shape index (κ3) is 3.46. The van der Waals surface area contributed by atoms with Crippen LogP contribution >= 0.6 is 0 Å². The normalized spacial score (nSPS) is 24.6. The first kappa shape index (κ1) is 12.4. The Morgan fingerprint density at radius 3 is 2.38 bits per heavy atom. The maximum absolute atomic E-state index is 10.5. The van der Waals surface area contributed by atoms with E-state index in [1.54, 1.807) is 0 Å². The van der Waals surface area contributed by atoms with Crippen LogP contribution in [0, 0.1) is 5.92 Å². The Morgan fingerprint density at radius 1 is 1.25 bits per heavy atom. The second-order valence-corrected chi connectivity index (χ2v) is 6.32. The molecule has 0 spiro atoms. The van der Waals surface area contributed by atoms with Gasteiger partial charge in [-0.2, -0.15) is 0 Å². The van der Waals surface area contributed by atoms with E-state index in [0.717, 1.165) is 31.3 Å². The molecule has 0 aromatic rings. The van der Waals surface area contributed by atoms with Crippen molar-refractivity contribution in [3.05, 3.63) is 0 Å². The highest BCUT2D eigenvalue weighted by molar-refractivity contribution is 4.93. The molecule has 1 N–H and O–H groups in total. The molecule has 16 heavy (non-hydrogen) atoms. The molecular weight excluding hydrogens is 198 g/mol. The van der Waals surface area contributed by atoms with Gasteiger partial charge in [-0.3, -0.25) is 4.90 Å². The Balaban J connectivity index is 1.82. The maximum atomic E-state index is 10.5. The van der Waals surface area contributed by atoms with Crippen molar-refractivity contribution in [1.82, 2.24) is 4.90 Å². The van der Waals surface area contributed by atoms with Gasteiger partial charge >= 0.3 is 0 Å². The van der Waals surface area contributed by atoms with Crippen LogP contribution in [-0.4, -0.2) is 34.7 Å². The van der Waals surface area contributed by atoms with Crippen LogP contribution in [0.3, 0.4) is 0 Å². The minimum absolute atomic E-state index is 0.348. The van der Waals surface area contributed by atoms with Gasteiger partial charge in [0.1, 0.15) is 0 Å². The molecule has 0 aliphatic heterocycles. The summed E-state index contributed by atoms with van der Waals surface area (Å²) in [6.45, 7) is 6.69. The second-order valence-electron chi connectivity index (χ2n) is 6.32. The van der Waals surface area contributed by atoms with Gasteiger partial charge in [0.25, 0.3) is 0 Å². The summed E-state index contributed by atoms with van der Waals surface area (Å²) in [6.07, 6.45) is 8.48. The third-order valence-corrected chi connectivity index (χ3v) is 4.09. The van der Waals surface area contributed by atoms with Gasteiger partial charge in [-0.1, -0.05) is 26.7 Å². The van der Waals surface area contributed by atoms with Gasteiger partial charge < -0.3 is 5.11 Å². The fourth-order valence-electron chi connectivity index (χ4n) is 2.82. The van der Waals surface area contributed by atoms with Gasteiger partial charge in [-0.15, -0.1) is 0 Å². The smallest absolute Gasteiger partial charge is 0.0774 e. The van der Waals surface area contributed by atoms with Crippen LogP contribution in [0.1, 0.15) is 58.8 Å². The number of nitrogens with zero attached hydrogens (tertiary/aromatic N) is 1. The van der Waals surface area contributed by atoms with Crippen LogP contribution in [0.2, 0.25) is 0 Å². The Hall–Kier alpha value is -0.0800. The van der Waals surface area contributed by atoms with Crippen molar-refractivity contribution in [2.45, 2.75) is 70.4 Å². The van der Waals surface area contributed by atoms with E-state index in [0.29, 0.717) is 0 Å². The average Bonchev–Trinajstić information content (AvgIpc) is 2.97. The molecule has 0 saturated heterocycles. The lowest BCUT2D eigenvalue weighted by Crippen LogP contribution is -2.42. The van der Waals surface area contributed by atoms with Crippen LogP contribution in [0.5, 0.6) is 0 Å². The van der Waals surface area contributed by atoms with Gasteiger partial charge in [0.2, 0.25) is 0 Å². The monoisotopic (exact) mass is 225 g/mol. The number of hydrogen-bond donors (Lipinski definition) is 1. The van der Waals surface area contributed by atoms with Gasteiger partial charge in [0.05, 0.1) is 5.60 Å². The van der Waals surface area contributed by atoms with Crippen molar-refractivity contribution in [3.8, 4) is 0 Å². The van der Waals surface area contributed by atoms with Crippen molar-refractivity contribution in [2.24, 2.45) is 5.92 Å². The lowest BCUT2D eigenvalue weighted by molar-refractivity contribution is 0.00569.